The fraction of sp³-hybridized carbons (Fsp3) is 0.158. The Morgan fingerprint density at radius 1 is 1.15 bits per heavy atom. The monoisotopic (exact) mass is 427 g/mol. The van der Waals surface area contributed by atoms with Gasteiger partial charge in [0.25, 0.3) is 0 Å². The Kier molecular flexibility index (Phi) is 4.57. The summed E-state index contributed by atoms with van der Waals surface area (Å²) in [7, 11) is 1.52. The maximum absolute atomic E-state index is 13.8. The summed E-state index contributed by atoms with van der Waals surface area (Å²) in [5, 5.41) is 0. The highest BCUT2D eigenvalue weighted by molar-refractivity contribution is 9.10. The molecule has 0 aliphatic rings. The molecule has 6 nitrogen and oxygen atoms in total. The first-order valence-corrected chi connectivity index (χ1v) is 8.98. The maximum atomic E-state index is 13.8. The molecular weight excluding hydrogens is 413 g/mol. The largest absolute Gasteiger partial charge is 0.467 e. The lowest BCUT2D eigenvalue weighted by Crippen LogP contribution is -2.05. The summed E-state index contributed by atoms with van der Waals surface area (Å²) in [6.45, 7) is 2.35. The molecule has 0 unspecified atom stereocenters. The molecule has 0 aliphatic heterocycles. The molecule has 27 heavy (non-hydrogen) atoms. The van der Waals surface area contributed by atoms with Crippen molar-refractivity contribution < 1.29 is 9.13 Å². The summed E-state index contributed by atoms with van der Waals surface area (Å²) < 4.78 is 21.9. The Hall–Kier alpha value is -2.87. The number of methoxy groups -OCH3 is 1. The second-order valence-corrected chi connectivity index (χ2v) is 6.93. The maximum Gasteiger partial charge on any atom is 0.318 e. The van der Waals surface area contributed by atoms with E-state index in [9.17, 15) is 4.39 Å². The van der Waals surface area contributed by atoms with Gasteiger partial charge in [-0.2, -0.15) is 9.97 Å². The van der Waals surface area contributed by atoms with Crippen molar-refractivity contribution in [2.75, 3.05) is 7.11 Å². The molecule has 3 aromatic heterocycles. The average molecular weight is 428 g/mol. The Balaban J connectivity index is 1.97. The molecule has 3 heterocycles. The van der Waals surface area contributed by atoms with Crippen LogP contribution in [0.3, 0.4) is 0 Å². The van der Waals surface area contributed by atoms with E-state index in [1.54, 1.807) is 6.20 Å². The quantitative estimate of drug-likeness (QED) is 0.489. The standard InChI is InChI=1S/C19H15BrFN5O/c1-11-16-18(25-19(23-11)27-2)26(10-12-4-3-5-14(20)6-12)17(24-16)13-7-15(21)9-22-8-13/h3-9H,10H2,1-2H3. The molecule has 0 spiro atoms. The molecule has 0 saturated heterocycles. The minimum absolute atomic E-state index is 0.263. The van der Waals surface area contributed by atoms with Crippen molar-refractivity contribution >= 4 is 27.1 Å². The lowest BCUT2D eigenvalue weighted by atomic mass is 10.2. The second kappa shape index (κ2) is 7.03. The molecule has 0 N–H and O–H groups in total. The molecule has 4 aromatic rings. The fourth-order valence-electron chi connectivity index (χ4n) is 2.93. The van der Waals surface area contributed by atoms with E-state index in [0.717, 1.165) is 10.0 Å². The third-order valence-electron chi connectivity index (χ3n) is 4.12. The zero-order valence-electron chi connectivity index (χ0n) is 14.6. The summed E-state index contributed by atoms with van der Waals surface area (Å²) in [4.78, 5) is 17.4. The SMILES string of the molecule is COc1nc(C)c2nc(-c3cncc(F)c3)n(Cc3cccc(Br)c3)c2n1. The van der Waals surface area contributed by atoms with Gasteiger partial charge < -0.3 is 9.30 Å². The van der Waals surface area contributed by atoms with Gasteiger partial charge in [-0.1, -0.05) is 28.1 Å². The number of aromatic nitrogens is 5. The van der Waals surface area contributed by atoms with E-state index in [1.165, 1.54) is 19.4 Å². The van der Waals surface area contributed by atoms with E-state index in [1.807, 2.05) is 35.8 Å². The van der Waals surface area contributed by atoms with Gasteiger partial charge in [0.2, 0.25) is 0 Å². The van der Waals surface area contributed by atoms with E-state index in [2.05, 4.69) is 35.9 Å². The third kappa shape index (κ3) is 3.40. The number of hydrogen-bond donors (Lipinski definition) is 0. The predicted octanol–water partition coefficient (Wildman–Crippen LogP) is 4.16. The number of halogens is 2. The highest BCUT2D eigenvalue weighted by Crippen LogP contribution is 2.27. The number of ether oxygens (including phenoxy) is 1. The van der Waals surface area contributed by atoms with Gasteiger partial charge in [-0.05, 0) is 30.7 Å². The average Bonchev–Trinajstić information content (AvgIpc) is 3.01. The number of nitrogens with zero attached hydrogens (tertiary/aromatic N) is 5. The van der Waals surface area contributed by atoms with E-state index >= 15 is 0 Å². The van der Waals surface area contributed by atoms with Crippen LogP contribution in [0.5, 0.6) is 6.01 Å². The Morgan fingerprint density at radius 2 is 2.00 bits per heavy atom. The minimum Gasteiger partial charge on any atom is -0.467 e. The molecular formula is C19H15BrFN5O. The Bertz CT molecular complexity index is 1140. The highest BCUT2D eigenvalue weighted by Gasteiger charge is 2.18. The molecule has 136 valence electrons. The first kappa shape index (κ1) is 17.5. The minimum atomic E-state index is -0.422. The van der Waals surface area contributed by atoms with Crippen LogP contribution in [0.15, 0.2) is 47.2 Å². The molecule has 0 amide bonds. The van der Waals surface area contributed by atoms with Crippen LogP contribution in [0.25, 0.3) is 22.6 Å². The number of benzene rings is 1. The molecule has 0 aliphatic carbocycles. The van der Waals surface area contributed by atoms with Gasteiger partial charge in [-0.25, -0.2) is 9.37 Å². The van der Waals surface area contributed by atoms with E-state index in [0.29, 0.717) is 34.8 Å². The van der Waals surface area contributed by atoms with Crippen molar-refractivity contribution in [2.45, 2.75) is 13.5 Å². The smallest absolute Gasteiger partial charge is 0.318 e. The van der Waals surface area contributed by atoms with E-state index < -0.39 is 5.82 Å². The molecule has 0 bridgehead atoms. The predicted molar refractivity (Wildman–Crippen MR) is 103 cm³/mol. The van der Waals surface area contributed by atoms with Gasteiger partial charge in [-0.3, -0.25) is 4.98 Å². The van der Waals surface area contributed by atoms with Gasteiger partial charge in [0.1, 0.15) is 17.2 Å². The third-order valence-corrected chi connectivity index (χ3v) is 4.62. The van der Waals surface area contributed by atoms with Gasteiger partial charge in [0, 0.05) is 16.2 Å². The van der Waals surface area contributed by atoms with Crippen molar-refractivity contribution in [3.8, 4) is 17.4 Å². The molecule has 4 rings (SSSR count). The summed E-state index contributed by atoms with van der Waals surface area (Å²) >= 11 is 3.49. The molecule has 0 atom stereocenters. The lowest BCUT2D eigenvalue weighted by molar-refractivity contribution is 0.380. The van der Waals surface area contributed by atoms with Crippen LogP contribution in [0.4, 0.5) is 4.39 Å². The molecule has 0 radical (unpaired) electrons. The fourth-order valence-corrected chi connectivity index (χ4v) is 3.37. The second-order valence-electron chi connectivity index (χ2n) is 6.01. The van der Waals surface area contributed by atoms with Crippen molar-refractivity contribution in [1.82, 2.24) is 24.5 Å². The highest BCUT2D eigenvalue weighted by atomic mass is 79.9. The molecule has 0 saturated carbocycles. The summed E-state index contributed by atoms with van der Waals surface area (Å²) in [6, 6.07) is 9.62. The zero-order chi connectivity index (χ0) is 19.0. The Morgan fingerprint density at radius 3 is 2.74 bits per heavy atom. The number of hydrogen-bond acceptors (Lipinski definition) is 5. The number of fused-ring (bicyclic) bond motifs is 1. The number of pyridine rings is 1. The van der Waals surface area contributed by atoms with Crippen LogP contribution in [0.1, 0.15) is 11.3 Å². The summed E-state index contributed by atoms with van der Waals surface area (Å²) in [5.41, 5.74) is 3.57. The van der Waals surface area contributed by atoms with Crippen LogP contribution >= 0.6 is 15.9 Å². The zero-order valence-corrected chi connectivity index (χ0v) is 16.2. The van der Waals surface area contributed by atoms with Crippen molar-refractivity contribution in [3.63, 3.8) is 0 Å². The van der Waals surface area contributed by atoms with E-state index in [4.69, 9.17) is 4.74 Å². The van der Waals surface area contributed by atoms with Crippen LogP contribution in [0.2, 0.25) is 0 Å². The van der Waals surface area contributed by atoms with Gasteiger partial charge >= 0.3 is 6.01 Å². The topological polar surface area (TPSA) is 65.7 Å². The first-order chi connectivity index (χ1) is 13.0. The molecule has 0 fully saturated rings. The van der Waals surface area contributed by atoms with Gasteiger partial charge in [-0.15, -0.1) is 0 Å². The normalized spacial score (nSPS) is 11.1. The summed E-state index contributed by atoms with van der Waals surface area (Å²) in [6.07, 6.45) is 2.75. The number of imidazole rings is 1. The molecule has 1 aromatic carbocycles. The van der Waals surface area contributed by atoms with Crippen LogP contribution in [-0.4, -0.2) is 31.6 Å². The number of aryl methyl sites for hydroxylation is 1. The van der Waals surface area contributed by atoms with Crippen LogP contribution in [-0.2, 0) is 6.54 Å². The van der Waals surface area contributed by atoms with Crippen molar-refractivity contribution in [2.24, 2.45) is 0 Å². The van der Waals surface area contributed by atoms with Gasteiger partial charge in [0.15, 0.2) is 5.65 Å². The number of rotatable bonds is 4. The molecule has 8 heteroatoms. The van der Waals surface area contributed by atoms with Crippen LogP contribution in [0, 0.1) is 12.7 Å². The first-order valence-electron chi connectivity index (χ1n) is 8.19. The Labute approximate surface area is 163 Å². The van der Waals surface area contributed by atoms with E-state index in [-0.39, 0.29) is 6.01 Å². The van der Waals surface area contributed by atoms with Crippen molar-refractivity contribution in [1.29, 1.82) is 0 Å². The van der Waals surface area contributed by atoms with Crippen molar-refractivity contribution in [3.05, 3.63) is 64.3 Å². The van der Waals surface area contributed by atoms with Crippen LogP contribution < -0.4 is 4.74 Å². The lowest BCUT2D eigenvalue weighted by Gasteiger charge is -2.10. The van der Waals surface area contributed by atoms with Gasteiger partial charge in [0.05, 0.1) is 25.5 Å². The summed E-state index contributed by atoms with van der Waals surface area (Å²) in [5.74, 6) is 0.150.